The van der Waals surface area contributed by atoms with Crippen molar-refractivity contribution in [2.45, 2.75) is 26.2 Å². The van der Waals surface area contributed by atoms with Crippen LogP contribution in [0.2, 0.25) is 0 Å². The third-order valence-electron chi connectivity index (χ3n) is 3.49. The van der Waals surface area contributed by atoms with Gasteiger partial charge >= 0.3 is 6.03 Å². The van der Waals surface area contributed by atoms with Gasteiger partial charge in [-0.15, -0.1) is 11.6 Å². The fourth-order valence-corrected chi connectivity index (χ4v) is 2.39. The topological polar surface area (TPSA) is 70.8 Å². The van der Waals surface area contributed by atoms with Crippen molar-refractivity contribution in [3.05, 3.63) is 29.7 Å². The van der Waals surface area contributed by atoms with Crippen molar-refractivity contribution in [2.24, 2.45) is 0 Å². The zero-order chi connectivity index (χ0) is 16.8. The molecule has 0 unspecified atom stereocenters. The third kappa shape index (κ3) is 3.82. The Morgan fingerprint density at radius 3 is 2.30 bits per heavy atom. The van der Waals surface area contributed by atoms with Crippen LogP contribution in [0.4, 0.5) is 4.79 Å². The van der Waals surface area contributed by atoms with E-state index in [1.165, 1.54) is 12.3 Å². The Morgan fingerprint density at radius 2 is 1.78 bits per heavy atom. The van der Waals surface area contributed by atoms with E-state index in [9.17, 15) is 14.4 Å². The summed E-state index contributed by atoms with van der Waals surface area (Å²) in [5.41, 5.74) is -0.0646. The van der Waals surface area contributed by atoms with E-state index in [-0.39, 0.29) is 18.7 Å². The first-order valence-corrected chi connectivity index (χ1v) is 8.12. The van der Waals surface area contributed by atoms with E-state index in [2.05, 4.69) is 0 Å². The largest absolute Gasteiger partial charge is 0.465 e. The molecule has 2 rings (SSSR count). The van der Waals surface area contributed by atoms with Gasteiger partial charge in [-0.2, -0.15) is 0 Å². The van der Waals surface area contributed by atoms with Gasteiger partial charge < -0.3 is 4.42 Å². The molecule has 0 aliphatic carbocycles. The Morgan fingerprint density at radius 1 is 1.13 bits per heavy atom. The molecule has 6 nitrogen and oxygen atoms in total. The van der Waals surface area contributed by atoms with Crippen molar-refractivity contribution in [1.82, 2.24) is 9.80 Å². The minimum atomic E-state index is -0.603. The van der Waals surface area contributed by atoms with Crippen LogP contribution >= 0.6 is 11.6 Å². The molecule has 4 amide bonds. The molecule has 1 fully saturated rings. The first kappa shape index (κ1) is 17.3. The molecule has 0 atom stereocenters. The Bertz CT molecular complexity index is 578. The highest BCUT2D eigenvalue weighted by Gasteiger charge is 2.41. The first-order chi connectivity index (χ1) is 11.1. The number of carbonyl (C=O) groups excluding carboxylic acids is 3. The molecule has 0 bridgehead atoms. The number of carbonyl (C=O) groups is 3. The van der Waals surface area contributed by atoms with Gasteiger partial charge in [-0.05, 0) is 31.1 Å². The van der Waals surface area contributed by atoms with Gasteiger partial charge in [0.25, 0.3) is 11.8 Å². The second-order valence-electron chi connectivity index (χ2n) is 5.17. The molecule has 1 aliphatic heterocycles. The van der Waals surface area contributed by atoms with Crippen LogP contribution in [0.1, 0.15) is 31.9 Å². The minimum Gasteiger partial charge on any atom is -0.465 e. The van der Waals surface area contributed by atoms with Crippen LogP contribution in [0, 0.1) is 0 Å². The molecule has 0 N–H and O–H groups in total. The summed E-state index contributed by atoms with van der Waals surface area (Å²) in [6.45, 7) is 2.44. The molecule has 1 aromatic rings. The summed E-state index contributed by atoms with van der Waals surface area (Å²) in [4.78, 5) is 39.6. The van der Waals surface area contributed by atoms with Crippen LogP contribution in [0.5, 0.6) is 0 Å². The van der Waals surface area contributed by atoms with Crippen LogP contribution in [0.25, 0.3) is 6.08 Å². The number of rotatable bonds is 7. The summed E-state index contributed by atoms with van der Waals surface area (Å²) in [5, 5.41) is 0. The Labute approximate surface area is 139 Å². The number of hydrogen-bond acceptors (Lipinski definition) is 4. The van der Waals surface area contributed by atoms with E-state index < -0.39 is 17.8 Å². The van der Waals surface area contributed by atoms with Crippen LogP contribution in [0.3, 0.4) is 0 Å². The van der Waals surface area contributed by atoms with Crippen molar-refractivity contribution < 1.29 is 18.8 Å². The number of urea groups is 1. The van der Waals surface area contributed by atoms with E-state index >= 15 is 0 Å². The Balaban J connectivity index is 2.34. The summed E-state index contributed by atoms with van der Waals surface area (Å²) in [7, 11) is 0. The number of unbranched alkanes of at least 4 members (excludes halogenated alkanes) is 1. The quantitative estimate of drug-likeness (QED) is 0.435. The minimum absolute atomic E-state index is 0.0646. The lowest BCUT2D eigenvalue weighted by Crippen LogP contribution is -2.56. The highest BCUT2D eigenvalue weighted by atomic mass is 35.5. The summed E-state index contributed by atoms with van der Waals surface area (Å²) in [5.74, 6) is -0.456. The molecule has 2 heterocycles. The Kier molecular flexibility index (Phi) is 5.98. The zero-order valence-electron chi connectivity index (χ0n) is 13.0. The van der Waals surface area contributed by atoms with Crippen molar-refractivity contribution in [3.8, 4) is 0 Å². The molecule has 0 saturated carbocycles. The number of furan rings is 1. The second kappa shape index (κ2) is 7.97. The number of nitrogens with zero attached hydrogens (tertiary/aromatic N) is 2. The number of hydrogen-bond donors (Lipinski definition) is 0. The molecule has 1 saturated heterocycles. The lowest BCUT2D eigenvalue weighted by molar-refractivity contribution is -0.135. The van der Waals surface area contributed by atoms with Gasteiger partial charge in [-0.3, -0.25) is 19.4 Å². The highest BCUT2D eigenvalue weighted by molar-refractivity contribution is 6.30. The van der Waals surface area contributed by atoms with Gasteiger partial charge in [0.15, 0.2) is 0 Å². The lowest BCUT2D eigenvalue weighted by atomic mass is 10.1. The van der Waals surface area contributed by atoms with Gasteiger partial charge in [-0.25, -0.2) is 4.79 Å². The van der Waals surface area contributed by atoms with Gasteiger partial charge in [-0.1, -0.05) is 13.3 Å². The highest BCUT2D eigenvalue weighted by Crippen LogP contribution is 2.21. The normalized spacial score (nSPS) is 17.5. The van der Waals surface area contributed by atoms with E-state index in [1.54, 1.807) is 12.1 Å². The van der Waals surface area contributed by atoms with Gasteiger partial charge in [0.1, 0.15) is 11.3 Å². The van der Waals surface area contributed by atoms with Crippen molar-refractivity contribution >= 4 is 35.5 Å². The SMILES string of the molecule is CCCCN1C(=O)C(=Cc2ccco2)C(=O)N(CCCCl)C1=O. The standard InChI is InChI=1S/C16H19ClN2O4/c1-2-3-8-18-14(20)13(11-12-6-4-10-23-12)15(21)19(16(18)22)9-5-7-17/h4,6,10-11H,2-3,5,7-9H2,1H3. The molecule has 0 spiro atoms. The lowest BCUT2D eigenvalue weighted by Gasteiger charge is -2.33. The maximum Gasteiger partial charge on any atom is 0.333 e. The maximum absolute atomic E-state index is 12.5. The summed E-state index contributed by atoms with van der Waals surface area (Å²) >= 11 is 5.66. The molecule has 124 valence electrons. The van der Waals surface area contributed by atoms with Crippen LogP contribution in [0.15, 0.2) is 28.4 Å². The predicted molar refractivity (Wildman–Crippen MR) is 85.8 cm³/mol. The summed E-state index contributed by atoms with van der Waals surface area (Å²) < 4.78 is 5.17. The number of halogens is 1. The number of imide groups is 2. The number of amides is 4. The van der Waals surface area contributed by atoms with Crippen LogP contribution in [-0.2, 0) is 9.59 Å². The predicted octanol–water partition coefficient (Wildman–Crippen LogP) is 2.88. The second-order valence-corrected chi connectivity index (χ2v) is 5.54. The van der Waals surface area contributed by atoms with E-state index in [1.807, 2.05) is 6.92 Å². The average Bonchev–Trinajstić information content (AvgIpc) is 3.04. The monoisotopic (exact) mass is 338 g/mol. The van der Waals surface area contributed by atoms with E-state index in [4.69, 9.17) is 16.0 Å². The van der Waals surface area contributed by atoms with Gasteiger partial charge in [0.05, 0.1) is 6.26 Å². The molecule has 7 heteroatoms. The first-order valence-electron chi connectivity index (χ1n) is 7.59. The third-order valence-corrected chi connectivity index (χ3v) is 3.76. The zero-order valence-corrected chi connectivity index (χ0v) is 13.7. The summed E-state index contributed by atoms with van der Waals surface area (Å²) in [6, 6.07) is 2.73. The van der Waals surface area contributed by atoms with E-state index in [0.717, 1.165) is 16.2 Å². The smallest absolute Gasteiger partial charge is 0.333 e. The molecule has 0 aromatic carbocycles. The fourth-order valence-electron chi connectivity index (χ4n) is 2.27. The molecular weight excluding hydrogens is 320 g/mol. The maximum atomic E-state index is 12.5. The van der Waals surface area contributed by atoms with Gasteiger partial charge in [0, 0.05) is 19.0 Å². The number of alkyl halides is 1. The van der Waals surface area contributed by atoms with Crippen LogP contribution in [-0.4, -0.2) is 46.6 Å². The van der Waals surface area contributed by atoms with E-state index in [0.29, 0.717) is 24.5 Å². The van der Waals surface area contributed by atoms with Crippen molar-refractivity contribution in [3.63, 3.8) is 0 Å². The number of barbiturate groups is 1. The van der Waals surface area contributed by atoms with Crippen LogP contribution < -0.4 is 0 Å². The van der Waals surface area contributed by atoms with Gasteiger partial charge in [0.2, 0.25) is 0 Å². The average molecular weight is 339 g/mol. The fraction of sp³-hybridized carbons (Fsp3) is 0.438. The molecule has 1 aromatic heterocycles. The van der Waals surface area contributed by atoms with Crippen molar-refractivity contribution in [1.29, 1.82) is 0 Å². The Hall–Kier alpha value is -2.08. The summed E-state index contributed by atoms with van der Waals surface area (Å²) in [6.07, 6.45) is 4.83. The molecule has 1 aliphatic rings. The molecule has 0 radical (unpaired) electrons. The molecule has 23 heavy (non-hydrogen) atoms. The molecular formula is C16H19ClN2O4. The van der Waals surface area contributed by atoms with Crippen molar-refractivity contribution in [2.75, 3.05) is 19.0 Å².